The molecule has 0 bridgehead atoms. The predicted octanol–water partition coefficient (Wildman–Crippen LogP) is 3.48. The molecule has 3 heterocycles. The highest BCUT2D eigenvalue weighted by Gasteiger charge is 2.26. The molecule has 7 nitrogen and oxygen atoms in total. The second kappa shape index (κ2) is 11.0. The van der Waals surface area contributed by atoms with Gasteiger partial charge in [-0.3, -0.25) is 14.6 Å². The number of fused-ring (bicyclic) bond motifs is 1. The van der Waals surface area contributed by atoms with E-state index in [1.54, 1.807) is 48.9 Å². The molecule has 174 valence electrons. The lowest BCUT2D eigenvalue weighted by molar-refractivity contribution is -0.129. The van der Waals surface area contributed by atoms with Gasteiger partial charge in [0, 0.05) is 43.9 Å². The van der Waals surface area contributed by atoms with Crippen LogP contribution in [0.2, 0.25) is 0 Å². The summed E-state index contributed by atoms with van der Waals surface area (Å²) in [5.74, 6) is -1.34. The lowest BCUT2D eigenvalue weighted by Gasteiger charge is -2.30. The number of aryl methyl sites for hydroxylation is 1. The molecule has 9 heteroatoms. The number of aromatic nitrogens is 3. The maximum atomic E-state index is 14.6. The number of amides is 2. The average Bonchev–Trinajstić information content (AvgIpc) is 2.87. The molecule has 3 aromatic rings. The van der Waals surface area contributed by atoms with Gasteiger partial charge in [0.05, 0.1) is 5.75 Å². The standard InChI is InChI=1S/C25H24FN5O2S/c1-17-21(14-30-23(32)16-34-25-27-9-5-10-28-25)20-8-11-31(15-19(20)13-29-17)24(33)22(26)12-18-6-3-2-4-7-18/h2-7,9-10,12-13H,8,11,14-16H2,1H3,(H,30,32). The summed E-state index contributed by atoms with van der Waals surface area (Å²) in [6.45, 7) is 2.91. The molecule has 0 saturated heterocycles. The normalized spacial score (nSPS) is 13.4. The third kappa shape index (κ3) is 5.85. The molecule has 2 aromatic heterocycles. The van der Waals surface area contributed by atoms with E-state index in [4.69, 9.17) is 0 Å². The van der Waals surface area contributed by atoms with Crippen LogP contribution in [-0.4, -0.2) is 44.0 Å². The highest BCUT2D eigenvalue weighted by atomic mass is 32.2. The summed E-state index contributed by atoms with van der Waals surface area (Å²) >= 11 is 1.27. The Balaban J connectivity index is 1.39. The quantitative estimate of drug-likeness (QED) is 0.318. The van der Waals surface area contributed by atoms with Crippen LogP contribution >= 0.6 is 11.8 Å². The molecule has 1 aromatic carbocycles. The van der Waals surface area contributed by atoms with Crippen molar-refractivity contribution in [2.24, 2.45) is 0 Å². The molecule has 0 unspecified atom stereocenters. The molecular weight excluding hydrogens is 453 g/mol. The Kier molecular flexibility index (Phi) is 7.64. The molecule has 2 amide bonds. The minimum Gasteiger partial charge on any atom is -0.351 e. The first-order valence-electron chi connectivity index (χ1n) is 10.9. The Labute approximate surface area is 201 Å². The molecule has 0 aliphatic carbocycles. The Bertz CT molecular complexity index is 1200. The number of thioether (sulfide) groups is 1. The fourth-order valence-electron chi connectivity index (χ4n) is 3.77. The molecule has 0 radical (unpaired) electrons. The molecule has 0 saturated carbocycles. The number of pyridine rings is 1. The van der Waals surface area contributed by atoms with Crippen LogP contribution < -0.4 is 5.32 Å². The number of nitrogens with one attached hydrogen (secondary N) is 1. The first-order valence-corrected chi connectivity index (χ1v) is 11.8. The average molecular weight is 478 g/mol. The minimum atomic E-state index is -0.790. The highest BCUT2D eigenvalue weighted by Crippen LogP contribution is 2.25. The van der Waals surface area contributed by atoms with Crippen molar-refractivity contribution in [3.05, 3.63) is 88.8 Å². The monoisotopic (exact) mass is 477 g/mol. The van der Waals surface area contributed by atoms with Crippen molar-refractivity contribution in [1.82, 2.24) is 25.2 Å². The highest BCUT2D eigenvalue weighted by molar-refractivity contribution is 7.99. The largest absolute Gasteiger partial charge is 0.351 e. The van der Waals surface area contributed by atoms with E-state index in [0.717, 1.165) is 22.4 Å². The van der Waals surface area contributed by atoms with Gasteiger partial charge in [-0.1, -0.05) is 42.1 Å². The SMILES string of the molecule is Cc1ncc2c(c1CNC(=O)CSc1ncccn1)CCN(C(=O)C(F)=Cc1ccccc1)C2. The summed E-state index contributed by atoms with van der Waals surface area (Å²) in [7, 11) is 0. The van der Waals surface area contributed by atoms with E-state index >= 15 is 0 Å². The Morgan fingerprint density at radius 3 is 2.68 bits per heavy atom. The maximum Gasteiger partial charge on any atom is 0.282 e. The fraction of sp³-hybridized carbons (Fsp3) is 0.240. The number of rotatable bonds is 7. The van der Waals surface area contributed by atoms with E-state index in [2.05, 4.69) is 20.3 Å². The van der Waals surface area contributed by atoms with Gasteiger partial charge in [-0.25, -0.2) is 14.4 Å². The third-order valence-electron chi connectivity index (χ3n) is 5.52. The van der Waals surface area contributed by atoms with Crippen molar-refractivity contribution in [1.29, 1.82) is 0 Å². The molecule has 0 fully saturated rings. The van der Waals surface area contributed by atoms with Crippen LogP contribution in [0.3, 0.4) is 0 Å². The Morgan fingerprint density at radius 1 is 1.15 bits per heavy atom. The van der Waals surface area contributed by atoms with Gasteiger partial charge in [-0.2, -0.15) is 0 Å². The van der Waals surface area contributed by atoms with Gasteiger partial charge in [-0.15, -0.1) is 0 Å². The number of carbonyl (C=O) groups excluding carboxylic acids is 2. The number of hydrogen-bond acceptors (Lipinski definition) is 6. The number of halogens is 1. The summed E-state index contributed by atoms with van der Waals surface area (Å²) in [4.78, 5) is 39.1. The fourth-order valence-corrected chi connectivity index (χ4v) is 4.40. The maximum absolute atomic E-state index is 14.6. The van der Waals surface area contributed by atoms with Gasteiger partial charge in [-0.05, 0) is 47.7 Å². The second-order valence-corrected chi connectivity index (χ2v) is 8.74. The zero-order chi connectivity index (χ0) is 23.9. The lowest BCUT2D eigenvalue weighted by atomic mass is 9.94. The number of benzene rings is 1. The summed E-state index contributed by atoms with van der Waals surface area (Å²) in [5, 5.41) is 3.48. The minimum absolute atomic E-state index is 0.129. The van der Waals surface area contributed by atoms with Crippen molar-refractivity contribution in [2.45, 2.75) is 31.6 Å². The van der Waals surface area contributed by atoms with Crippen LogP contribution in [0.4, 0.5) is 4.39 Å². The van der Waals surface area contributed by atoms with Crippen molar-refractivity contribution in [3.63, 3.8) is 0 Å². The summed E-state index contributed by atoms with van der Waals surface area (Å²) in [5.41, 5.74) is 4.34. The predicted molar refractivity (Wildman–Crippen MR) is 128 cm³/mol. The molecule has 34 heavy (non-hydrogen) atoms. The van der Waals surface area contributed by atoms with E-state index in [9.17, 15) is 14.0 Å². The lowest BCUT2D eigenvalue weighted by Crippen LogP contribution is -2.37. The molecule has 4 rings (SSSR count). The Morgan fingerprint density at radius 2 is 1.91 bits per heavy atom. The van der Waals surface area contributed by atoms with Crippen molar-refractivity contribution < 1.29 is 14.0 Å². The number of carbonyl (C=O) groups is 2. The summed E-state index contributed by atoms with van der Waals surface area (Å²) in [6, 6.07) is 10.6. The smallest absolute Gasteiger partial charge is 0.282 e. The van der Waals surface area contributed by atoms with Crippen LogP contribution in [0, 0.1) is 6.92 Å². The van der Waals surface area contributed by atoms with Gasteiger partial charge in [0.2, 0.25) is 5.91 Å². The van der Waals surface area contributed by atoms with Gasteiger partial charge in [0.1, 0.15) is 0 Å². The van der Waals surface area contributed by atoms with E-state index in [-0.39, 0.29) is 18.2 Å². The first-order chi connectivity index (χ1) is 16.5. The third-order valence-corrected chi connectivity index (χ3v) is 6.39. The molecule has 1 aliphatic rings. The number of nitrogens with zero attached hydrogens (tertiary/aromatic N) is 4. The molecule has 0 spiro atoms. The summed E-state index contributed by atoms with van der Waals surface area (Å²) < 4.78 is 14.6. The zero-order valence-electron chi connectivity index (χ0n) is 18.7. The summed E-state index contributed by atoms with van der Waals surface area (Å²) in [6.07, 6.45) is 6.83. The van der Waals surface area contributed by atoms with Crippen molar-refractivity contribution >= 4 is 29.7 Å². The van der Waals surface area contributed by atoms with Gasteiger partial charge >= 0.3 is 0 Å². The zero-order valence-corrected chi connectivity index (χ0v) is 19.5. The molecular formula is C25H24FN5O2S. The first kappa shape index (κ1) is 23.6. The van der Waals surface area contributed by atoms with E-state index < -0.39 is 11.7 Å². The van der Waals surface area contributed by atoms with E-state index in [1.165, 1.54) is 22.7 Å². The molecule has 0 atom stereocenters. The van der Waals surface area contributed by atoms with Crippen molar-refractivity contribution in [2.75, 3.05) is 12.3 Å². The van der Waals surface area contributed by atoms with Crippen LogP contribution in [0.25, 0.3) is 6.08 Å². The van der Waals surface area contributed by atoms with Gasteiger partial charge < -0.3 is 10.2 Å². The van der Waals surface area contributed by atoms with E-state index in [1.807, 2.05) is 13.0 Å². The number of hydrogen-bond donors (Lipinski definition) is 1. The van der Waals surface area contributed by atoms with Crippen LogP contribution in [0.5, 0.6) is 0 Å². The van der Waals surface area contributed by atoms with Crippen LogP contribution in [0.1, 0.15) is 27.9 Å². The van der Waals surface area contributed by atoms with Crippen molar-refractivity contribution in [3.8, 4) is 0 Å². The molecule has 1 aliphatic heterocycles. The van der Waals surface area contributed by atoms with Crippen LogP contribution in [-0.2, 0) is 29.1 Å². The van der Waals surface area contributed by atoms with Gasteiger partial charge in [0.15, 0.2) is 11.0 Å². The Hall–Kier alpha value is -3.59. The van der Waals surface area contributed by atoms with E-state index in [0.29, 0.717) is 30.2 Å². The van der Waals surface area contributed by atoms with Gasteiger partial charge in [0.25, 0.3) is 5.91 Å². The van der Waals surface area contributed by atoms with Crippen LogP contribution in [0.15, 0.2) is 66.0 Å². The second-order valence-electron chi connectivity index (χ2n) is 7.80. The topological polar surface area (TPSA) is 88.1 Å². The molecule has 1 N–H and O–H groups in total.